The molecule has 0 bridgehead atoms. The molecule has 0 saturated heterocycles. The van der Waals surface area contributed by atoms with Crippen molar-refractivity contribution in [3.05, 3.63) is 12.2 Å². The number of hydrogen-bond acceptors (Lipinski definition) is 2. The van der Waals surface area contributed by atoms with E-state index in [0.29, 0.717) is 17.8 Å². The van der Waals surface area contributed by atoms with Crippen LogP contribution in [0.25, 0.3) is 0 Å². The van der Waals surface area contributed by atoms with Gasteiger partial charge in [-0.15, -0.1) is 0 Å². The van der Waals surface area contributed by atoms with E-state index in [1.54, 1.807) is 12.2 Å². The molecule has 0 radical (unpaired) electrons. The molecule has 0 aliphatic carbocycles. The van der Waals surface area contributed by atoms with Crippen molar-refractivity contribution >= 4 is 11.4 Å². The summed E-state index contributed by atoms with van der Waals surface area (Å²) in [5.41, 5.74) is 0.716. The summed E-state index contributed by atoms with van der Waals surface area (Å²) in [5.74, 6) is 0. The van der Waals surface area contributed by atoms with E-state index in [9.17, 15) is 0 Å². The lowest BCUT2D eigenvalue weighted by Crippen LogP contribution is -2.06. The Hall–Kier alpha value is -0.920. The molecule has 0 aromatic carbocycles. The van der Waals surface area contributed by atoms with E-state index < -0.39 is 0 Å². The second-order valence-corrected chi connectivity index (χ2v) is 1.75. The molecule has 0 aliphatic rings. The first-order valence-electron chi connectivity index (χ1n) is 4.01. The van der Waals surface area contributed by atoms with Crippen molar-refractivity contribution in [2.24, 2.45) is 0 Å². The van der Waals surface area contributed by atoms with Gasteiger partial charge in [0.15, 0.2) is 0 Å². The van der Waals surface area contributed by atoms with Crippen LogP contribution in [0.2, 0.25) is 0 Å². The smallest absolute Gasteiger partial charge is 0.0744 e. The molecule has 0 amide bonds. The van der Waals surface area contributed by atoms with Crippen molar-refractivity contribution in [1.29, 1.82) is 10.8 Å². The van der Waals surface area contributed by atoms with Crippen LogP contribution in [-0.4, -0.2) is 11.4 Å². The van der Waals surface area contributed by atoms with Gasteiger partial charge < -0.3 is 5.41 Å². The molecule has 0 heterocycles. The summed E-state index contributed by atoms with van der Waals surface area (Å²) in [6.07, 6.45) is 4.04. The van der Waals surface area contributed by atoms with Crippen LogP contribution in [0.4, 0.5) is 0 Å². The zero-order valence-corrected chi connectivity index (χ0v) is 7.86. The monoisotopic (exact) mass is 154 g/mol. The molecular formula is C9H18N2. The predicted octanol–water partition coefficient (Wildman–Crippen LogP) is 3.04. The van der Waals surface area contributed by atoms with Gasteiger partial charge in [-0.25, -0.2) is 0 Å². The SMILES string of the molecule is C/C=C\C(=N)C(=N)CC.CC. The van der Waals surface area contributed by atoms with Gasteiger partial charge in [0.2, 0.25) is 0 Å². The van der Waals surface area contributed by atoms with Crippen molar-refractivity contribution < 1.29 is 0 Å². The van der Waals surface area contributed by atoms with Crippen LogP contribution < -0.4 is 0 Å². The third-order valence-electron chi connectivity index (χ3n) is 1.01. The fraction of sp³-hybridized carbons (Fsp3) is 0.556. The topological polar surface area (TPSA) is 47.7 Å². The van der Waals surface area contributed by atoms with Crippen LogP contribution in [0.15, 0.2) is 12.2 Å². The molecule has 0 unspecified atom stereocenters. The lowest BCUT2D eigenvalue weighted by molar-refractivity contribution is 1.26. The van der Waals surface area contributed by atoms with Gasteiger partial charge in [0.05, 0.1) is 11.4 Å². The van der Waals surface area contributed by atoms with E-state index in [1.807, 2.05) is 27.7 Å². The first-order valence-corrected chi connectivity index (χ1v) is 4.01. The summed E-state index contributed by atoms with van der Waals surface area (Å²) in [6.45, 7) is 7.72. The molecule has 0 aromatic rings. The van der Waals surface area contributed by atoms with E-state index in [0.717, 1.165) is 0 Å². The summed E-state index contributed by atoms with van der Waals surface area (Å²) in [5, 5.41) is 14.4. The van der Waals surface area contributed by atoms with Gasteiger partial charge in [-0.3, -0.25) is 5.41 Å². The summed E-state index contributed by atoms with van der Waals surface area (Å²) >= 11 is 0. The Morgan fingerprint density at radius 1 is 1.27 bits per heavy atom. The minimum Gasteiger partial charge on any atom is -0.303 e. The second-order valence-electron chi connectivity index (χ2n) is 1.75. The van der Waals surface area contributed by atoms with Crippen LogP contribution in [0.1, 0.15) is 34.1 Å². The van der Waals surface area contributed by atoms with Crippen LogP contribution in [0.3, 0.4) is 0 Å². The third-order valence-corrected chi connectivity index (χ3v) is 1.01. The van der Waals surface area contributed by atoms with E-state index in [1.165, 1.54) is 0 Å². The highest BCUT2D eigenvalue weighted by molar-refractivity contribution is 6.44. The van der Waals surface area contributed by atoms with Gasteiger partial charge in [0.1, 0.15) is 0 Å². The van der Waals surface area contributed by atoms with Gasteiger partial charge >= 0.3 is 0 Å². The maximum Gasteiger partial charge on any atom is 0.0744 e. The molecule has 0 saturated carbocycles. The molecule has 2 nitrogen and oxygen atoms in total. The van der Waals surface area contributed by atoms with E-state index in [-0.39, 0.29) is 0 Å². The van der Waals surface area contributed by atoms with Crippen molar-refractivity contribution in [3.63, 3.8) is 0 Å². The lowest BCUT2D eigenvalue weighted by Gasteiger charge is -1.93. The maximum absolute atomic E-state index is 7.18. The number of allylic oxidation sites excluding steroid dienone is 2. The summed E-state index contributed by atoms with van der Waals surface area (Å²) in [6, 6.07) is 0. The van der Waals surface area contributed by atoms with Crippen molar-refractivity contribution in [1.82, 2.24) is 0 Å². The normalized spacial score (nSPS) is 8.73. The van der Waals surface area contributed by atoms with Gasteiger partial charge in [-0.1, -0.05) is 26.8 Å². The molecule has 0 fully saturated rings. The standard InChI is InChI=1S/C7H12N2.C2H6/c1-3-5-7(9)6(8)4-2;1-2/h3,5,8-9H,4H2,1-2H3;1-2H3/b5-3-,8-6?,9-7?;. The summed E-state index contributed by atoms with van der Waals surface area (Å²) < 4.78 is 0. The van der Waals surface area contributed by atoms with E-state index in [2.05, 4.69) is 0 Å². The van der Waals surface area contributed by atoms with Crippen LogP contribution in [0.5, 0.6) is 0 Å². The Balaban J connectivity index is 0. The third kappa shape index (κ3) is 6.97. The Labute approximate surface area is 69.3 Å². The molecular weight excluding hydrogens is 136 g/mol. The quantitative estimate of drug-likeness (QED) is 0.587. The Morgan fingerprint density at radius 3 is 2.00 bits per heavy atom. The van der Waals surface area contributed by atoms with Gasteiger partial charge in [0.25, 0.3) is 0 Å². The van der Waals surface area contributed by atoms with E-state index in [4.69, 9.17) is 10.8 Å². The molecule has 2 N–H and O–H groups in total. The minimum absolute atomic E-state index is 0.319. The van der Waals surface area contributed by atoms with Crippen LogP contribution in [-0.2, 0) is 0 Å². The van der Waals surface area contributed by atoms with Crippen LogP contribution >= 0.6 is 0 Å². The summed E-state index contributed by atoms with van der Waals surface area (Å²) in [7, 11) is 0. The van der Waals surface area contributed by atoms with Gasteiger partial charge in [0, 0.05) is 0 Å². The molecule has 64 valence electrons. The highest BCUT2D eigenvalue weighted by Gasteiger charge is 1.94. The van der Waals surface area contributed by atoms with Crippen molar-refractivity contribution in [2.75, 3.05) is 0 Å². The fourth-order valence-electron chi connectivity index (χ4n) is 0.458. The van der Waals surface area contributed by atoms with Gasteiger partial charge in [-0.2, -0.15) is 0 Å². The number of rotatable bonds is 3. The Morgan fingerprint density at radius 2 is 1.73 bits per heavy atom. The fourth-order valence-corrected chi connectivity index (χ4v) is 0.458. The molecule has 0 atom stereocenters. The highest BCUT2D eigenvalue weighted by Crippen LogP contribution is 1.86. The van der Waals surface area contributed by atoms with E-state index >= 15 is 0 Å². The van der Waals surface area contributed by atoms with Crippen LogP contribution in [0, 0.1) is 10.8 Å². The maximum atomic E-state index is 7.18. The average Bonchev–Trinajstić information content (AvgIpc) is 2.07. The molecule has 2 heteroatoms. The molecule has 0 aliphatic heterocycles. The average molecular weight is 154 g/mol. The number of hydrogen-bond donors (Lipinski definition) is 2. The first-order chi connectivity index (χ1) is 5.22. The first kappa shape index (κ1) is 12.7. The zero-order chi connectivity index (χ0) is 9.28. The predicted molar refractivity (Wildman–Crippen MR) is 51.9 cm³/mol. The highest BCUT2D eigenvalue weighted by atomic mass is 14.5. The Kier molecular flexibility index (Phi) is 10.5. The number of nitrogens with one attached hydrogen (secondary N) is 2. The van der Waals surface area contributed by atoms with Gasteiger partial charge in [-0.05, 0) is 19.4 Å². The van der Waals surface area contributed by atoms with Crippen molar-refractivity contribution in [3.8, 4) is 0 Å². The second kappa shape index (κ2) is 9.08. The molecule has 11 heavy (non-hydrogen) atoms. The molecule has 0 aromatic heterocycles. The zero-order valence-electron chi connectivity index (χ0n) is 7.86. The minimum atomic E-state index is 0.319. The lowest BCUT2D eigenvalue weighted by atomic mass is 10.2. The Bertz CT molecular complexity index is 146. The molecule has 0 rings (SSSR count). The summed E-state index contributed by atoms with van der Waals surface area (Å²) in [4.78, 5) is 0. The molecule has 0 spiro atoms. The largest absolute Gasteiger partial charge is 0.303 e. The van der Waals surface area contributed by atoms with Crippen molar-refractivity contribution in [2.45, 2.75) is 34.1 Å².